The Morgan fingerprint density at radius 3 is 2.35 bits per heavy atom. The molecule has 20 heavy (non-hydrogen) atoms. The van der Waals surface area contributed by atoms with Crippen molar-refractivity contribution < 1.29 is 8.78 Å². The second-order valence-electron chi connectivity index (χ2n) is 5.15. The summed E-state index contributed by atoms with van der Waals surface area (Å²) < 4.78 is 26.2. The highest BCUT2D eigenvalue weighted by Gasteiger charge is 2.13. The lowest BCUT2D eigenvalue weighted by molar-refractivity contribution is 0.504. The summed E-state index contributed by atoms with van der Waals surface area (Å²) in [6.07, 6.45) is 0.623. The van der Waals surface area contributed by atoms with Crippen molar-refractivity contribution in [2.45, 2.75) is 26.3 Å². The van der Waals surface area contributed by atoms with Gasteiger partial charge in [-0.2, -0.15) is 0 Å². The summed E-state index contributed by atoms with van der Waals surface area (Å²) in [5, 5.41) is 3.25. The van der Waals surface area contributed by atoms with Gasteiger partial charge in [-0.3, -0.25) is 0 Å². The molecule has 0 heterocycles. The molecule has 0 aliphatic heterocycles. The highest BCUT2D eigenvalue weighted by atomic mass is 19.2. The molecule has 2 aromatic carbocycles. The fraction of sp³-hybridized carbons (Fsp3) is 0.294. The maximum atomic E-state index is 13.3. The smallest absolute Gasteiger partial charge is 0.159 e. The Hall–Kier alpha value is -1.74. The molecular formula is C17H19F2N. The summed E-state index contributed by atoms with van der Waals surface area (Å²) in [5.41, 5.74) is 4.38. The topological polar surface area (TPSA) is 12.0 Å². The Kier molecular flexibility index (Phi) is 4.50. The molecule has 0 spiro atoms. The molecule has 1 N–H and O–H groups in total. The first-order valence-electron chi connectivity index (χ1n) is 6.69. The first-order valence-corrected chi connectivity index (χ1v) is 6.69. The first kappa shape index (κ1) is 14.7. The summed E-state index contributed by atoms with van der Waals surface area (Å²) in [6.45, 7) is 4.12. The van der Waals surface area contributed by atoms with Gasteiger partial charge in [0.05, 0.1) is 0 Å². The van der Waals surface area contributed by atoms with Crippen molar-refractivity contribution in [2.24, 2.45) is 0 Å². The monoisotopic (exact) mass is 275 g/mol. The number of halogens is 2. The molecule has 0 amide bonds. The molecule has 1 unspecified atom stereocenters. The minimum absolute atomic E-state index is 0.0838. The summed E-state index contributed by atoms with van der Waals surface area (Å²) in [5.74, 6) is -1.60. The zero-order chi connectivity index (χ0) is 14.7. The van der Waals surface area contributed by atoms with Gasteiger partial charge in [-0.15, -0.1) is 0 Å². The predicted octanol–water partition coefficient (Wildman–Crippen LogP) is 4.08. The number of hydrogen-bond donors (Lipinski definition) is 1. The lowest BCUT2D eigenvalue weighted by Crippen LogP contribution is -2.20. The van der Waals surface area contributed by atoms with E-state index in [1.165, 1.54) is 28.8 Å². The summed E-state index contributed by atoms with van der Waals surface area (Å²) >= 11 is 0. The number of likely N-dealkylation sites (N-methyl/N-ethyl adjacent to an activating group) is 1. The zero-order valence-corrected chi connectivity index (χ0v) is 12.0. The molecule has 1 atom stereocenters. The molecule has 2 rings (SSSR count). The lowest BCUT2D eigenvalue weighted by Gasteiger charge is -2.19. The van der Waals surface area contributed by atoms with Crippen LogP contribution in [0.3, 0.4) is 0 Å². The Bertz CT molecular complexity index is 608. The third-order valence-corrected chi connectivity index (χ3v) is 3.57. The van der Waals surface area contributed by atoms with Gasteiger partial charge in [0, 0.05) is 6.04 Å². The van der Waals surface area contributed by atoms with Gasteiger partial charge >= 0.3 is 0 Å². The molecule has 0 radical (unpaired) electrons. The van der Waals surface area contributed by atoms with Gasteiger partial charge in [0.25, 0.3) is 0 Å². The number of hydrogen-bond acceptors (Lipinski definition) is 1. The summed E-state index contributed by atoms with van der Waals surface area (Å²) in [4.78, 5) is 0. The highest BCUT2D eigenvalue weighted by Crippen LogP contribution is 2.23. The highest BCUT2D eigenvalue weighted by molar-refractivity contribution is 5.34. The SMILES string of the molecule is CNC(Cc1ccc(F)c(F)c1)c1ccc(C)cc1C. The second kappa shape index (κ2) is 6.14. The van der Waals surface area contributed by atoms with Crippen LogP contribution in [-0.2, 0) is 6.42 Å². The normalized spacial score (nSPS) is 12.4. The number of nitrogens with one attached hydrogen (secondary N) is 1. The van der Waals surface area contributed by atoms with Gasteiger partial charge in [-0.1, -0.05) is 29.8 Å². The van der Waals surface area contributed by atoms with Crippen molar-refractivity contribution in [3.63, 3.8) is 0 Å². The second-order valence-corrected chi connectivity index (χ2v) is 5.15. The molecule has 3 heteroatoms. The van der Waals surface area contributed by atoms with Gasteiger partial charge in [-0.25, -0.2) is 8.78 Å². The Balaban J connectivity index is 2.26. The molecular weight excluding hydrogens is 256 g/mol. The van der Waals surface area contributed by atoms with Crippen molar-refractivity contribution in [1.82, 2.24) is 5.32 Å². The summed E-state index contributed by atoms with van der Waals surface area (Å²) in [7, 11) is 1.88. The van der Waals surface area contributed by atoms with Crippen LogP contribution >= 0.6 is 0 Å². The van der Waals surface area contributed by atoms with E-state index in [2.05, 4.69) is 37.4 Å². The fourth-order valence-electron chi connectivity index (χ4n) is 2.49. The van der Waals surface area contributed by atoms with Crippen molar-refractivity contribution in [2.75, 3.05) is 7.05 Å². The standard InChI is InChI=1S/C17H19F2N/c1-11-4-6-14(12(2)8-11)17(20-3)10-13-5-7-15(18)16(19)9-13/h4-9,17,20H,10H2,1-3H3. The van der Waals surface area contributed by atoms with Gasteiger partial charge in [0.1, 0.15) is 0 Å². The lowest BCUT2D eigenvalue weighted by atomic mass is 9.94. The third kappa shape index (κ3) is 3.23. The van der Waals surface area contributed by atoms with Gasteiger partial charge in [0.15, 0.2) is 11.6 Å². The van der Waals surface area contributed by atoms with E-state index >= 15 is 0 Å². The van der Waals surface area contributed by atoms with E-state index in [4.69, 9.17) is 0 Å². The predicted molar refractivity (Wildman–Crippen MR) is 77.8 cm³/mol. The quantitative estimate of drug-likeness (QED) is 0.886. The van der Waals surface area contributed by atoms with E-state index in [9.17, 15) is 8.78 Å². The molecule has 0 aliphatic rings. The molecule has 106 valence electrons. The van der Waals surface area contributed by atoms with Crippen molar-refractivity contribution >= 4 is 0 Å². The number of aryl methyl sites for hydroxylation is 2. The van der Waals surface area contributed by atoms with E-state index in [1.54, 1.807) is 6.07 Å². The maximum Gasteiger partial charge on any atom is 0.159 e. The molecule has 2 aromatic rings. The minimum Gasteiger partial charge on any atom is -0.313 e. The minimum atomic E-state index is -0.804. The van der Waals surface area contributed by atoms with Crippen molar-refractivity contribution in [3.8, 4) is 0 Å². The Labute approximate surface area is 118 Å². The van der Waals surface area contributed by atoms with E-state index in [0.29, 0.717) is 6.42 Å². The largest absolute Gasteiger partial charge is 0.313 e. The zero-order valence-electron chi connectivity index (χ0n) is 12.0. The van der Waals surface area contributed by atoms with E-state index < -0.39 is 11.6 Å². The fourth-order valence-corrected chi connectivity index (χ4v) is 2.49. The number of benzene rings is 2. The molecule has 0 saturated heterocycles. The number of rotatable bonds is 4. The molecule has 1 nitrogen and oxygen atoms in total. The van der Waals surface area contributed by atoms with E-state index in [1.807, 2.05) is 7.05 Å². The van der Waals surface area contributed by atoms with Crippen LogP contribution in [0.15, 0.2) is 36.4 Å². The Morgan fingerprint density at radius 1 is 1.00 bits per heavy atom. The van der Waals surface area contributed by atoms with Crippen LogP contribution in [0.4, 0.5) is 8.78 Å². The van der Waals surface area contributed by atoms with Gasteiger partial charge in [0.2, 0.25) is 0 Å². The molecule has 0 saturated carbocycles. The average Bonchev–Trinajstić information content (AvgIpc) is 2.41. The van der Waals surface area contributed by atoms with E-state index in [-0.39, 0.29) is 6.04 Å². The van der Waals surface area contributed by atoms with E-state index in [0.717, 1.165) is 5.56 Å². The van der Waals surface area contributed by atoms with Crippen molar-refractivity contribution in [1.29, 1.82) is 0 Å². The van der Waals surface area contributed by atoms with Crippen LogP contribution in [0.2, 0.25) is 0 Å². The third-order valence-electron chi connectivity index (χ3n) is 3.57. The van der Waals surface area contributed by atoms with Crippen LogP contribution in [0.25, 0.3) is 0 Å². The van der Waals surface area contributed by atoms with Crippen LogP contribution in [0.5, 0.6) is 0 Å². The van der Waals surface area contributed by atoms with Gasteiger partial charge < -0.3 is 5.32 Å². The van der Waals surface area contributed by atoms with Crippen LogP contribution in [-0.4, -0.2) is 7.05 Å². The van der Waals surface area contributed by atoms with Crippen LogP contribution in [0.1, 0.15) is 28.3 Å². The van der Waals surface area contributed by atoms with Crippen LogP contribution in [0, 0.1) is 25.5 Å². The first-order chi connectivity index (χ1) is 9.51. The maximum absolute atomic E-state index is 13.3. The Morgan fingerprint density at radius 2 is 1.75 bits per heavy atom. The molecule has 0 aromatic heterocycles. The molecule has 0 aliphatic carbocycles. The summed E-state index contributed by atoms with van der Waals surface area (Å²) in [6, 6.07) is 10.4. The molecule has 0 bridgehead atoms. The van der Waals surface area contributed by atoms with Gasteiger partial charge in [-0.05, 0) is 56.1 Å². The average molecular weight is 275 g/mol. The van der Waals surface area contributed by atoms with Crippen molar-refractivity contribution in [3.05, 3.63) is 70.3 Å². The molecule has 0 fully saturated rings. The van der Waals surface area contributed by atoms with Crippen LogP contribution < -0.4 is 5.32 Å².